The Morgan fingerprint density at radius 2 is 1.67 bits per heavy atom. The smallest absolute Gasteiger partial charge is 0.239 e. The summed E-state index contributed by atoms with van der Waals surface area (Å²) >= 11 is 5.85. The van der Waals surface area contributed by atoms with E-state index in [1.807, 2.05) is 12.1 Å². The molecule has 0 atom stereocenters. The number of methoxy groups -OCH3 is 2. The zero-order valence-electron chi connectivity index (χ0n) is 15.8. The van der Waals surface area contributed by atoms with Gasteiger partial charge in [-0.15, -0.1) is 0 Å². The van der Waals surface area contributed by atoms with Gasteiger partial charge in [-0.2, -0.15) is 0 Å². The van der Waals surface area contributed by atoms with Gasteiger partial charge in [0.2, 0.25) is 11.8 Å². The fourth-order valence-corrected chi connectivity index (χ4v) is 2.42. The Morgan fingerprint density at radius 3 is 2.26 bits per heavy atom. The van der Waals surface area contributed by atoms with Crippen LogP contribution in [0.2, 0.25) is 5.02 Å². The van der Waals surface area contributed by atoms with E-state index >= 15 is 0 Å². The van der Waals surface area contributed by atoms with Crippen molar-refractivity contribution in [2.45, 2.75) is 20.4 Å². The lowest BCUT2D eigenvalue weighted by molar-refractivity contribution is -0.138. The van der Waals surface area contributed by atoms with E-state index in [4.69, 9.17) is 21.1 Å². The number of carbonyl (C=O) groups is 2. The van der Waals surface area contributed by atoms with E-state index in [9.17, 15) is 9.59 Å². The highest BCUT2D eigenvalue weighted by molar-refractivity contribution is 6.30. The minimum atomic E-state index is -1.28. The van der Waals surface area contributed by atoms with Crippen molar-refractivity contribution < 1.29 is 19.1 Å². The second kappa shape index (κ2) is 8.77. The fraction of sp³-hybridized carbons (Fsp3) is 0.300. The molecular weight excluding hydrogens is 368 g/mol. The van der Waals surface area contributed by atoms with Crippen molar-refractivity contribution in [3.8, 4) is 11.5 Å². The Kier molecular flexibility index (Phi) is 6.69. The highest BCUT2D eigenvalue weighted by Gasteiger charge is 2.36. The normalized spacial score (nSPS) is 10.9. The highest BCUT2D eigenvalue weighted by Crippen LogP contribution is 2.30. The summed E-state index contributed by atoms with van der Waals surface area (Å²) in [5.41, 5.74) is 0.0693. The first kappa shape index (κ1) is 20.6. The number of benzene rings is 2. The number of hydrogen-bond donors (Lipinski definition) is 2. The molecule has 0 aliphatic heterocycles. The maximum atomic E-state index is 12.7. The van der Waals surface area contributed by atoms with Crippen molar-refractivity contribution in [3.63, 3.8) is 0 Å². The largest absolute Gasteiger partial charge is 0.497 e. The lowest BCUT2D eigenvalue weighted by atomic mass is 9.90. The van der Waals surface area contributed by atoms with E-state index in [2.05, 4.69) is 10.6 Å². The molecule has 0 radical (unpaired) electrons. The van der Waals surface area contributed by atoms with Crippen LogP contribution in [0.15, 0.2) is 42.5 Å². The van der Waals surface area contributed by atoms with Gasteiger partial charge in [-0.1, -0.05) is 23.7 Å². The monoisotopic (exact) mass is 390 g/mol. The molecule has 0 aliphatic rings. The maximum absolute atomic E-state index is 12.7. The number of hydrogen-bond acceptors (Lipinski definition) is 4. The topological polar surface area (TPSA) is 76.7 Å². The third-order valence-electron chi connectivity index (χ3n) is 4.16. The van der Waals surface area contributed by atoms with Crippen LogP contribution in [0.3, 0.4) is 0 Å². The summed E-state index contributed by atoms with van der Waals surface area (Å²) in [5, 5.41) is 6.14. The lowest BCUT2D eigenvalue weighted by Gasteiger charge is -2.23. The van der Waals surface area contributed by atoms with Gasteiger partial charge in [0.1, 0.15) is 16.9 Å². The van der Waals surface area contributed by atoms with E-state index in [1.165, 1.54) is 7.11 Å². The molecule has 0 aromatic heterocycles. The summed E-state index contributed by atoms with van der Waals surface area (Å²) in [6.45, 7) is 3.43. The Bertz CT molecular complexity index is 819. The molecule has 0 spiro atoms. The molecule has 0 aliphatic carbocycles. The third-order valence-corrected chi connectivity index (χ3v) is 4.41. The fourth-order valence-electron chi connectivity index (χ4n) is 2.29. The molecule has 2 rings (SSSR count). The molecular formula is C20H23ClN2O4. The van der Waals surface area contributed by atoms with Gasteiger partial charge in [0.05, 0.1) is 19.9 Å². The average molecular weight is 391 g/mol. The minimum Gasteiger partial charge on any atom is -0.497 e. The van der Waals surface area contributed by atoms with Gasteiger partial charge >= 0.3 is 0 Å². The van der Waals surface area contributed by atoms with Gasteiger partial charge in [0.25, 0.3) is 0 Å². The number of carbonyl (C=O) groups excluding carboxylic acids is 2. The molecule has 0 saturated carbocycles. The summed E-state index contributed by atoms with van der Waals surface area (Å²) in [5.74, 6) is 0.215. The Labute approximate surface area is 163 Å². The third kappa shape index (κ3) is 5.14. The standard InChI is InChI=1S/C20H23ClN2O4/c1-20(2,18(24)22-12-13-5-7-14(21)8-6-13)19(25)23-16-10-9-15(26-3)11-17(16)27-4/h5-11H,12H2,1-4H3,(H,22,24)(H,23,25). The summed E-state index contributed by atoms with van der Waals surface area (Å²) in [4.78, 5) is 25.2. The van der Waals surface area contributed by atoms with Gasteiger partial charge in [-0.3, -0.25) is 9.59 Å². The van der Waals surface area contributed by atoms with Crippen LogP contribution in [-0.2, 0) is 16.1 Å². The lowest BCUT2D eigenvalue weighted by Crippen LogP contribution is -2.44. The number of anilines is 1. The molecule has 2 N–H and O–H groups in total. The molecule has 2 aromatic carbocycles. The zero-order chi connectivity index (χ0) is 20.0. The summed E-state index contributed by atoms with van der Waals surface area (Å²) in [7, 11) is 3.04. The summed E-state index contributed by atoms with van der Waals surface area (Å²) < 4.78 is 10.4. The Hall–Kier alpha value is -2.73. The van der Waals surface area contributed by atoms with E-state index < -0.39 is 11.3 Å². The molecule has 0 unspecified atom stereocenters. The molecule has 144 valence electrons. The quantitative estimate of drug-likeness (QED) is 0.707. The van der Waals surface area contributed by atoms with Crippen molar-refractivity contribution in [2.24, 2.45) is 5.41 Å². The first-order valence-corrected chi connectivity index (χ1v) is 8.72. The van der Waals surface area contributed by atoms with Gasteiger partial charge < -0.3 is 20.1 Å². The van der Waals surface area contributed by atoms with Crippen molar-refractivity contribution in [1.82, 2.24) is 5.32 Å². The average Bonchev–Trinajstić information content (AvgIpc) is 2.67. The van der Waals surface area contributed by atoms with Crippen molar-refractivity contribution >= 4 is 29.1 Å². The highest BCUT2D eigenvalue weighted by atomic mass is 35.5. The van der Waals surface area contributed by atoms with Crippen LogP contribution in [0.5, 0.6) is 11.5 Å². The molecule has 2 amide bonds. The summed E-state index contributed by atoms with van der Waals surface area (Å²) in [6, 6.07) is 12.1. The second-order valence-electron chi connectivity index (χ2n) is 6.45. The maximum Gasteiger partial charge on any atom is 0.239 e. The van der Waals surface area contributed by atoms with Gasteiger partial charge in [-0.25, -0.2) is 0 Å². The van der Waals surface area contributed by atoms with Crippen LogP contribution < -0.4 is 20.1 Å². The molecule has 0 bridgehead atoms. The van der Waals surface area contributed by atoms with Crippen LogP contribution in [0.25, 0.3) is 0 Å². The second-order valence-corrected chi connectivity index (χ2v) is 6.89. The van der Waals surface area contributed by atoms with Gasteiger partial charge in [0.15, 0.2) is 0 Å². The van der Waals surface area contributed by atoms with E-state index in [0.717, 1.165) is 5.56 Å². The molecule has 0 heterocycles. The van der Waals surface area contributed by atoms with Crippen molar-refractivity contribution in [2.75, 3.05) is 19.5 Å². The van der Waals surface area contributed by atoms with Crippen LogP contribution >= 0.6 is 11.6 Å². The molecule has 6 nitrogen and oxygen atoms in total. The number of ether oxygens (including phenoxy) is 2. The minimum absolute atomic E-state index is 0.304. The van der Waals surface area contributed by atoms with E-state index in [-0.39, 0.29) is 5.91 Å². The first-order valence-electron chi connectivity index (χ1n) is 8.34. The first-order chi connectivity index (χ1) is 12.8. The Balaban J connectivity index is 2.05. The zero-order valence-corrected chi connectivity index (χ0v) is 16.5. The van der Waals surface area contributed by atoms with E-state index in [0.29, 0.717) is 28.8 Å². The molecule has 27 heavy (non-hydrogen) atoms. The number of nitrogens with one attached hydrogen (secondary N) is 2. The predicted octanol–water partition coefficient (Wildman–Crippen LogP) is 3.64. The van der Waals surface area contributed by atoms with Gasteiger partial charge in [-0.05, 0) is 43.7 Å². The number of amides is 2. The van der Waals surface area contributed by atoms with Crippen molar-refractivity contribution in [3.05, 3.63) is 53.1 Å². The molecule has 2 aromatic rings. The SMILES string of the molecule is COc1ccc(NC(=O)C(C)(C)C(=O)NCc2ccc(Cl)cc2)c(OC)c1. The van der Waals surface area contributed by atoms with Crippen molar-refractivity contribution in [1.29, 1.82) is 0 Å². The number of halogens is 1. The molecule has 7 heteroatoms. The Morgan fingerprint density at radius 1 is 1.00 bits per heavy atom. The van der Waals surface area contributed by atoms with Crippen LogP contribution in [0.1, 0.15) is 19.4 Å². The van der Waals surface area contributed by atoms with Gasteiger partial charge in [0, 0.05) is 17.6 Å². The van der Waals surface area contributed by atoms with Crippen LogP contribution in [-0.4, -0.2) is 26.0 Å². The number of rotatable bonds is 7. The molecule has 0 saturated heterocycles. The van der Waals surface area contributed by atoms with Crippen LogP contribution in [0, 0.1) is 5.41 Å². The summed E-state index contributed by atoms with van der Waals surface area (Å²) in [6.07, 6.45) is 0. The van der Waals surface area contributed by atoms with Crippen LogP contribution in [0.4, 0.5) is 5.69 Å². The van der Waals surface area contributed by atoms with E-state index in [1.54, 1.807) is 51.3 Å². The predicted molar refractivity (Wildman–Crippen MR) is 105 cm³/mol. The molecule has 0 fully saturated rings.